The van der Waals surface area contributed by atoms with Gasteiger partial charge in [0.25, 0.3) is 5.91 Å². The van der Waals surface area contributed by atoms with Gasteiger partial charge in [0.2, 0.25) is 0 Å². The van der Waals surface area contributed by atoms with Crippen molar-refractivity contribution >= 4 is 5.91 Å². The summed E-state index contributed by atoms with van der Waals surface area (Å²) < 4.78 is 5.08. The molecule has 3 nitrogen and oxygen atoms in total. The molecule has 0 spiro atoms. The number of amides is 1. The number of hydrogen-bond acceptors (Lipinski definition) is 2. The first kappa shape index (κ1) is 10.6. The summed E-state index contributed by atoms with van der Waals surface area (Å²) in [6, 6.07) is 5.47. The smallest absolute Gasteiger partial charge is 0.251 e. The Balaban J connectivity index is 2.96. The predicted molar refractivity (Wildman–Crippen MR) is 55.7 cm³/mol. The van der Waals surface area contributed by atoms with E-state index in [-0.39, 0.29) is 5.91 Å². The lowest BCUT2D eigenvalue weighted by Gasteiger charge is -2.06. The van der Waals surface area contributed by atoms with Crippen molar-refractivity contribution in [3.8, 4) is 5.75 Å². The summed E-state index contributed by atoms with van der Waals surface area (Å²) in [7, 11) is 1.59. The van der Waals surface area contributed by atoms with Crippen LogP contribution < -0.4 is 10.1 Å². The van der Waals surface area contributed by atoms with Gasteiger partial charge in [0.15, 0.2) is 0 Å². The van der Waals surface area contributed by atoms with Crippen molar-refractivity contribution in [2.75, 3.05) is 13.7 Å². The first-order valence-corrected chi connectivity index (χ1v) is 4.61. The molecule has 14 heavy (non-hydrogen) atoms. The molecule has 0 unspecified atom stereocenters. The summed E-state index contributed by atoms with van der Waals surface area (Å²) in [5.74, 6) is 0.653. The van der Waals surface area contributed by atoms with E-state index in [1.807, 2.05) is 26.0 Å². The lowest BCUT2D eigenvalue weighted by molar-refractivity contribution is 0.0955. The van der Waals surface area contributed by atoms with Crippen molar-refractivity contribution in [3.63, 3.8) is 0 Å². The predicted octanol–water partition coefficient (Wildman–Crippen LogP) is 1.75. The van der Waals surface area contributed by atoms with Gasteiger partial charge in [0, 0.05) is 12.1 Å². The number of methoxy groups -OCH3 is 1. The first-order valence-electron chi connectivity index (χ1n) is 4.61. The van der Waals surface area contributed by atoms with Crippen LogP contribution in [0, 0.1) is 6.92 Å². The van der Waals surface area contributed by atoms with Crippen molar-refractivity contribution in [1.29, 1.82) is 0 Å². The average Bonchev–Trinajstić information content (AvgIpc) is 2.17. The molecule has 0 aliphatic rings. The van der Waals surface area contributed by atoms with Crippen LogP contribution in [0.3, 0.4) is 0 Å². The third kappa shape index (κ3) is 2.49. The Morgan fingerprint density at radius 1 is 1.43 bits per heavy atom. The molecule has 0 bridgehead atoms. The van der Waals surface area contributed by atoms with Gasteiger partial charge in [-0.1, -0.05) is 0 Å². The number of ether oxygens (including phenoxy) is 1. The van der Waals surface area contributed by atoms with Crippen molar-refractivity contribution in [3.05, 3.63) is 29.3 Å². The van der Waals surface area contributed by atoms with Gasteiger partial charge in [0.05, 0.1) is 7.11 Å². The monoisotopic (exact) mass is 193 g/mol. The van der Waals surface area contributed by atoms with E-state index in [2.05, 4.69) is 5.32 Å². The van der Waals surface area contributed by atoms with Gasteiger partial charge in [0.1, 0.15) is 5.75 Å². The van der Waals surface area contributed by atoms with E-state index < -0.39 is 0 Å². The van der Waals surface area contributed by atoms with Crippen LogP contribution in [0.1, 0.15) is 22.8 Å². The fourth-order valence-electron chi connectivity index (χ4n) is 1.26. The Morgan fingerprint density at radius 2 is 2.14 bits per heavy atom. The Hall–Kier alpha value is -1.51. The van der Waals surface area contributed by atoms with E-state index in [4.69, 9.17) is 4.74 Å². The second-order valence-electron chi connectivity index (χ2n) is 3.10. The molecule has 1 N–H and O–H groups in total. The summed E-state index contributed by atoms with van der Waals surface area (Å²) in [5, 5.41) is 2.75. The molecule has 0 heterocycles. The fourth-order valence-corrected chi connectivity index (χ4v) is 1.26. The Bertz CT molecular complexity index is 334. The molecule has 3 heteroatoms. The van der Waals surface area contributed by atoms with Crippen molar-refractivity contribution in [1.82, 2.24) is 5.32 Å². The maximum atomic E-state index is 11.5. The minimum Gasteiger partial charge on any atom is -0.497 e. The highest BCUT2D eigenvalue weighted by Gasteiger charge is 2.06. The number of hydrogen-bond donors (Lipinski definition) is 1. The van der Waals surface area contributed by atoms with Crippen molar-refractivity contribution < 1.29 is 9.53 Å². The average molecular weight is 193 g/mol. The molecule has 0 atom stereocenters. The Labute approximate surface area is 84.1 Å². The first-order chi connectivity index (χ1) is 6.67. The van der Waals surface area contributed by atoms with Gasteiger partial charge in [-0.05, 0) is 37.6 Å². The molecule has 0 aliphatic heterocycles. The maximum absolute atomic E-state index is 11.5. The topological polar surface area (TPSA) is 38.3 Å². The number of aryl methyl sites for hydroxylation is 1. The summed E-state index contributed by atoms with van der Waals surface area (Å²) in [6.07, 6.45) is 0. The molecule has 1 amide bonds. The molecule has 1 aromatic rings. The number of rotatable bonds is 3. The van der Waals surface area contributed by atoms with Gasteiger partial charge in [-0.15, -0.1) is 0 Å². The third-order valence-corrected chi connectivity index (χ3v) is 1.89. The highest BCUT2D eigenvalue weighted by atomic mass is 16.5. The molecule has 76 valence electrons. The van der Waals surface area contributed by atoms with Crippen molar-refractivity contribution in [2.45, 2.75) is 13.8 Å². The van der Waals surface area contributed by atoms with Crippen molar-refractivity contribution in [2.24, 2.45) is 0 Å². The molecule has 1 rings (SSSR count). The second kappa shape index (κ2) is 4.65. The quantitative estimate of drug-likeness (QED) is 0.794. The van der Waals surface area contributed by atoms with Gasteiger partial charge in [-0.25, -0.2) is 0 Å². The lowest BCUT2D eigenvalue weighted by atomic mass is 10.1. The van der Waals surface area contributed by atoms with Gasteiger partial charge in [-0.2, -0.15) is 0 Å². The van der Waals surface area contributed by atoms with Crippen LogP contribution in [0.4, 0.5) is 0 Å². The number of benzene rings is 1. The molecule has 0 fully saturated rings. The van der Waals surface area contributed by atoms with Crippen LogP contribution in [0.15, 0.2) is 18.2 Å². The SMILES string of the molecule is CCNC(=O)c1cc(C)cc(OC)c1. The number of carbonyl (C=O) groups is 1. The molecule has 0 radical (unpaired) electrons. The zero-order valence-corrected chi connectivity index (χ0v) is 8.76. The zero-order chi connectivity index (χ0) is 10.6. The van der Waals surface area contributed by atoms with E-state index in [0.717, 1.165) is 5.56 Å². The van der Waals surface area contributed by atoms with Gasteiger partial charge >= 0.3 is 0 Å². The largest absolute Gasteiger partial charge is 0.497 e. The van der Waals surface area contributed by atoms with E-state index in [0.29, 0.717) is 17.9 Å². The zero-order valence-electron chi connectivity index (χ0n) is 8.76. The summed E-state index contributed by atoms with van der Waals surface area (Å²) in [6.45, 7) is 4.46. The van der Waals surface area contributed by atoms with Crippen LogP contribution in [-0.2, 0) is 0 Å². The summed E-state index contributed by atoms with van der Waals surface area (Å²) in [5.41, 5.74) is 1.66. The van der Waals surface area contributed by atoms with E-state index >= 15 is 0 Å². The highest BCUT2D eigenvalue weighted by molar-refractivity contribution is 5.94. The van der Waals surface area contributed by atoms with Crippen LogP contribution in [0.2, 0.25) is 0 Å². The minimum absolute atomic E-state index is 0.0606. The van der Waals surface area contributed by atoms with Gasteiger partial charge in [-0.3, -0.25) is 4.79 Å². The molecule has 0 aliphatic carbocycles. The van der Waals surface area contributed by atoms with E-state index in [1.54, 1.807) is 13.2 Å². The maximum Gasteiger partial charge on any atom is 0.251 e. The molecule has 0 aromatic heterocycles. The van der Waals surface area contributed by atoms with E-state index in [1.165, 1.54) is 0 Å². The normalized spacial score (nSPS) is 9.64. The molecule has 0 saturated carbocycles. The second-order valence-corrected chi connectivity index (χ2v) is 3.10. The minimum atomic E-state index is -0.0606. The third-order valence-electron chi connectivity index (χ3n) is 1.89. The van der Waals surface area contributed by atoms with Crippen LogP contribution in [0.25, 0.3) is 0 Å². The lowest BCUT2D eigenvalue weighted by Crippen LogP contribution is -2.22. The van der Waals surface area contributed by atoms with E-state index in [9.17, 15) is 4.79 Å². The molecule has 1 aromatic carbocycles. The molecule has 0 saturated heterocycles. The van der Waals surface area contributed by atoms with Crippen LogP contribution in [-0.4, -0.2) is 19.6 Å². The summed E-state index contributed by atoms with van der Waals surface area (Å²) >= 11 is 0. The molecular formula is C11H15NO2. The molecular weight excluding hydrogens is 178 g/mol. The summed E-state index contributed by atoms with van der Waals surface area (Å²) in [4.78, 5) is 11.5. The van der Waals surface area contributed by atoms with Crippen LogP contribution >= 0.6 is 0 Å². The van der Waals surface area contributed by atoms with Gasteiger partial charge < -0.3 is 10.1 Å². The standard InChI is InChI=1S/C11H15NO2/c1-4-12-11(13)9-5-8(2)6-10(7-9)14-3/h5-7H,4H2,1-3H3,(H,12,13). The fraction of sp³-hybridized carbons (Fsp3) is 0.364. The highest BCUT2D eigenvalue weighted by Crippen LogP contribution is 2.16. The van der Waals surface area contributed by atoms with Crippen LogP contribution in [0.5, 0.6) is 5.75 Å². The Kier molecular flexibility index (Phi) is 3.51. The Morgan fingerprint density at radius 3 is 2.71 bits per heavy atom. The number of carbonyl (C=O) groups excluding carboxylic acids is 1. The number of nitrogens with one attached hydrogen (secondary N) is 1.